The summed E-state index contributed by atoms with van der Waals surface area (Å²) in [7, 11) is 0. The van der Waals surface area contributed by atoms with Crippen molar-refractivity contribution in [1.82, 2.24) is 4.57 Å². The Bertz CT molecular complexity index is 3560. The third-order valence-corrected chi connectivity index (χ3v) is 13.6. The van der Waals surface area contributed by atoms with Gasteiger partial charge in [-0.3, -0.25) is 0 Å². The minimum atomic E-state index is -0.0858. The summed E-state index contributed by atoms with van der Waals surface area (Å²) in [5.74, 6) is 0. The van der Waals surface area contributed by atoms with E-state index in [0.717, 1.165) is 33.8 Å². The largest absolute Gasteiger partial charge is 0.309 e. The predicted octanol–water partition coefficient (Wildman–Crippen LogP) is 17.2. The number of benzene rings is 10. The highest BCUT2D eigenvalue weighted by Gasteiger charge is 2.35. The van der Waals surface area contributed by atoms with Crippen LogP contribution < -0.4 is 4.90 Å². The molecule has 0 unspecified atom stereocenters. The quantitative estimate of drug-likeness (QED) is 0.148. The van der Waals surface area contributed by atoms with Crippen LogP contribution >= 0.6 is 0 Å². The SMILES string of the molecule is CC1(C)c2ccccc2-c2cc(-c3ccccc3N(c3cccc(-c4ccccc4)c3-c3ccccc3-c3ccccc3)c3cccc4c3c3ccccc3n4-c3ccccc3)ccc21. The van der Waals surface area contributed by atoms with E-state index < -0.39 is 0 Å². The van der Waals surface area contributed by atoms with E-state index in [0.29, 0.717) is 0 Å². The normalized spacial score (nSPS) is 12.6. The highest BCUT2D eigenvalue weighted by atomic mass is 15.2. The highest BCUT2D eigenvalue weighted by Crippen LogP contribution is 2.54. The molecule has 0 saturated heterocycles. The first kappa shape index (κ1) is 38.5. The molecule has 0 N–H and O–H groups in total. The number of aromatic nitrogens is 1. The van der Waals surface area contributed by atoms with Crippen molar-refractivity contribution in [2.45, 2.75) is 19.3 Å². The lowest BCUT2D eigenvalue weighted by atomic mass is 9.82. The van der Waals surface area contributed by atoms with Gasteiger partial charge in [0.25, 0.3) is 0 Å². The second kappa shape index (κ2) is 15.6. The Hall–Kier alpha value is -8.20. The molecule has 1 heterocycles. The van der Waals surface area contributed by atoms with Gasteiger partial charge in [-0.25, -0.2) is 0 Å². The van der Waals surface area contributed by atoms with Gasteiger partial charge in [-0.1, -0.05) is 208 Å². The molecule has 1 aromatic heterocycles. The zero-order chi connectivity index (χ0) is 43.5. The molecule has 1 aliphatic carbocycles. The molecule has 0 spiro atoms. The molecule has 0 atom stereocenters. The van der Waals surface area contributed by atoms with Crippen molar-refractivity contribution in [3.63, 3.8) is 0 Å². The molecular formula is C63H46N2. The molecule has 0 fully saturated rings. The average Bonchev–Trinajstić information content (AvgIpc) is 3.83. The Kier molecular flexibility index (Phi) is 9.21. The Morgan fingerprint density at radius 1 is 0.338 bits per heavy atom. The van der Waals surface area contributed by atoms with Gasteiger partial charge >= 0.3 is 0 Å². The van der Waals surface area contributed by atoms with Crippen LogP contribution in [0, 0.1) is 0 Å². The van der Waals surface area contributed by atoms with E-state index in [9.17, 15) is 0 Å². The van der Waals surface area contributed by atoms with Crippen LogP contribution in [-0.2, 0) is 5.41 Å². The molecule has 0 radical (unpaired) electrons. The summed E-state index contributed by atoms with van der Waals surface area (Å²) in [6.07, 6.45) is 0. The average molecular weight is 831 g/mol. The van der Waals surface area contributed by atoms with Crippen molar-refractivity contribution in [2.75, 3.05) is 4.90 Å². The number of fused-ring (bicyclic) bond motifs is 6. The zero-order valence-corrected chi connectivity index (χ0v) is 36.5. The molecule has 0 aliphatic heterocycles. The van der Waals surface area contributed by atoms with Gasteiger partial charge < -0.3 is 9.47 Å². The van der Waals surface area contributed by atoms with Crippen LogP contribution in [0.15, 0.2) is 243 Å². The summed E-state index contributed by atoms with van der Waals surface area (Å²) in [6, 6.07) is 89.1. The maximum atomic E-state index is 2.56. The molecule has 2 nitrogen and oxygen atoms in total. The van der Waals surface area contributed by atoms with Gasteiger partial charge in [-0.2, -0.15) is 0 Å². The molecule has 11 aromatic rings. The van der Waals surface area contributed by atoms with Crippen LogP contribution in [0.25, 0.3) is 83.1 Å². The molecule has 1 aliphatic rings. The minimum Gasteiger partial charge on any atom is -0.309 e. The van der Waals surface area contributed by atoms with E-state index >= 15 is 0 Å². The zero-order valence-electron chi connectivity index (χ0n) is 36.5. The molecular weight excluding hydrogens is 785 g/mol. The summed E-state index contributed by atoms with van der Waals surface area (Å²) < 4.78 is 2.42. The van der Waals surface area contributed by atoms with Gasteiger partial charge in [0.2, 0.25) is 0 Å². The molecule has 65 heavy (non-hydrogen) atoms. The number of rotatable bonds is 8. The lowest BCUT2D eigenvalue weighted by molar-refractivity contribution is 0.660. The Balaban J connectivity index is 1.20. The first-order chi connectivity index (χ1) is 32.1. The fourth-order valence-electron chi connectivity index (χ4n) is 10.7. The Morgan fingerprint density at radius 2 is 0.862 bits per heavy atom. The Labute approximate surface area is 381 Å². The topological polar surface area (TPSA) is 8.17 Å². The highest BCUT2D eigenvalue weighted by molar-refractivity contribution is 6.18. The smallest absolute Gasteiger partial charge is 0.0562 e. The van der Waals surface area contributed by atoms with Crippen LogP contribution in [0.3, 0.4) is 0 Å². The van der Waals surface area contributed by atoms with Gasteiger partial charge in [0.1, 0.15) is 0 Å². The molecule has 12 rings (SSSR count). The number of hydrogen-bond acceptors (Lipinski definition) is 1. The van der Waals surface area contributed by atoms with Gasteiger partial charge in [0.15, 0.2) is 0 Å². The van der Waals surface area contributed by atoms with Crippen LogP contribution in [0.5, 0.6) is 0 Å². The summed E-state index contributed by atoms with van der Waals surface area (Å²) in [5.41, 5.74) is 21.4. The van der Waals surface area contributed by atoms with Crippen molar-refractivity contribution in [3.8, 4) is 61.3 Å². The van der Waals surface area contributed by atoms with E-state index in [1.165, 1.54) is 77.5 Å². The fraction of sp³-hybridized carbons (Fsp3) is 0.0476. The number of hydrogen-bond donors (Lipinski definition) is 0. The van der Waals surface area contributed by atoms with Gasteiger partial charge in [0, 0.05) is 33.0 Å². The minimum absolute atomic E-state index is 0.0858. The predicted molar refractivity (Wildman–Crippen MR) is 275 cm³/mol. The van der Waals surface area contributed by atoms with Gasteiger partial charge in [0.05, 0.1) is 28.1 Å². The van der Waals surface area contributed by atoms with Crippen LogP contribution in [0.4, 0.5) is 17.1 Å². The summed E-state index contributed by atoms with van der Waals surface area (Å²) >= 11 is 0. The molecule has 2 heteroatoms. The Morgan fingerprint density at radius 3 is 1.63 bits per heavy atom. The van der Waals surface area contributed by atoms with Crippen molar-refractivity contribution >= 4 is 38.9 Å². The van der Waals surface area contributed by atoms with Crippen molar-refractivity contribution < 1.29 is 0 Å². The van der Waals surface area contributed by atoms with Gasteiger partial charge in [-0.05, 0) is 104 Å². The fourth-order valence-corrected chi connectivity index (χ4v) is 10.7. The third-order valence-electron chi connectivity index (χ3n) is 13.6. The second-order valence-electron chi connectivity index (χ2n) is 17.6. The van der Waals surface area contributed by atoms with Crippen LogP contribution in [-0.4, -0.2) is 4.57 Å². The lowest BCUT2D eigenvalue weighted by Crippen LogP contribution is -2.15. The lowest BCUT2D eigenvalue weighted by Gasteiger charge is -2.32. The molecule has 10 aromatic carbocycles. The second-order valence-corrected chi connectivity index (χ2v) is 17.6. The first-order valence-corrected chi connectivity index (χ1v) is 22.6. The third kappa shape index (κ3) is 6.25. The molecule has 0 bridgehead atoms. The molecule has 0 saturated carbocycles. The maximum Gasteiger partial charge on any atom is 0.0562 e. The maximum absolute atomic E-state index is 2.56. The van der Waals surface area contributed by atoms with E-state index in [2.05, 4.69) is 266 Å². The van der Waals surface area contributed by atoms with Gasteiger partial charge in [-0.15, -0.1) is 0 Å². The molecule has 308 valence electrons. The summed E-state index contributed by atoms with van der Waals surface area (Å²) in [4.78, 5) is 2.56. The van der Waals surface area contributed by atoms with E-state index in [1.807, 2.05) is 0 Å². The monoisotopic (exact) mass is 830 g/mol. The van der Waals surface area contributed by atoms with Crippen LogP contribution in [0.1, 0.15) is 25.0 Å². The standard InChI is InChI=1S/C63H46N2/c1-63(2)54-34-17-14-30-50(54)53-42-45(40-41-55(53)63)48-29-15-18-35-56(48)65(60-39-21-38-59-62(60)52-32-16-19-36-57(52)64(59)46-26-10-5-11-27-46)58-37-20-33-49(44-24-8-4-9-25-44)61(58)51-31-13-12-28-47(51)43-22-6-3-7-23-43/h3-42H,1-2H3. The van der Waals surface area contributed by atoms with E-state index in [1.54, 1.807) is 0 Å². The summed E-state index contributed by atoms with van der Waals surface area (Å²) in [6.45, 7) is 4.71. The summed E-state index contributed by atoms with van der Waals surface area (Å²) in [5, 5.41) is 2.39. The van der Waals surface area contributed by atoms with Crippen molar-refractivity contribution in [2.24, 2.45) is 0 Å². The first-order valence-electron chi connectivity index (χ1n) is 22.6. The number of nitrogens with zero attached hydrogens (tertiary/aromatic N) is 2. The van der Waals surface area contributed by atoms with E-state index in [-0.39, 0.29) is 5.41 Å². The van der Waals surface area contributed by atoms with E-state index in [4.69, 9.17) is 0 Å². The molecule has 0 amide bonds. The number of para-hydroxylation sites is 3. The van der Waals surface area contributed by atoms with Crippen molar-refractivity contribution in [1.29, 1.82) is 0 Å². The van der Waals surface area contributed by atoms with Crippen molar-refractivity contribution in [3.05, 3.63) is 254 Å². The van der Waals surface area contributed by atoms with Crippen LogP contribution in [0.2, 0.25) is 0 Å². The number of anilines is 3.